The van der Waals surface area contributed by atoms with Gasteiger partial charge in [-0.05, 0) is 43.4 Å². The third kappa shape index (κ3) is 3.71. The minimum absolute atomic E-state index is 0.706. The van der Waals surface area contributed by atoms with Crippen LogP contribution in [0.15, 0.2) is 0 Å². The van der Waals surface area contributed by atoms with E-state index < -0.39 is 0 Å². The van der Waals surface area contributed by atoms with Crippen LogP contribution < -0.4 is 5.32 Å². The number of hydrogen-bond acceptors (Lipinski definition) is 3. The Morgan fingerprint density at radius 2 is 2.11 bits per heavy atom. The predicted molar refractivity (Wildman–Crippen MR) is 78.3 cm³/mol. The summed E-state index contributed by atoms with van der Waals surface area (Å²) in [5.41, 5.74) is 0. The Labute approximate surface area is 118 Å². The maximum Gasteiger partial charge on any atom is 0.0507 e. The van der Waals surface area contributed by atoms with E-state index in [0.717, 1.165) is 37.0 Å². The van der Waals surface area contributed by atoms with E-state index in [-0.39, 0.29) is 0 Å². The Bertz CT molecular complexity index is 284. The largest absolute Gasteiger partial charge is 0.381 e. The summed E-state index contributed by atoms with van der Waals surface area (Å²) >= 11 is 0. The van der Waals surface area contributed by atoms with Crippen LogP contribution in [0.1, 0.15) is 39.5 Å². The van der Waals surface area contributed by atoms with Gasteiger partial charge < -0.3 is 10.1 Å². The summed E-state index contributed by atoms with van der Waals surface area (Å²) in [6.45, 7) is 10.4. The van der Waals surface area contributed by atoms with E-state index in [2.05, 4.69) is 24.1 Å². The quantitative estimate of drug-likeness (QED) is 0.825. The smallest absolute Gasteiger partial charge is 0.0507 e. The van der Waals surface area contributed by atoms with Crippen molar-refractivity contribution in [3.63, 3.8) is 0 Å². The zero-order valence-electron chi connectivity index (χ0n) is 12.6. The fourth-order valence-corrected chi connectivity index (χ4v) is 3.84. The molecule has 110 valence electrons. The molecule has 0 amide bonds. The molecule has 3 aliphatic rings. The van der Waals surface area contributed by atoms with Gasteiger partial charge >= 0.3 is 0 Å². The highest BCUT2D eigenvalue weighted by atomic mass is 16.5. The van der Waals surface area contributed by atoms with Crippen molar-refractivity contribution < 1.29 is 4.74 Å². The molecule has 2 saturated heterocycles. The molecule has 2 aliphatic heterocycles. The van der Waals surface area contributed by atoms with Crippen molar-refractivity contribution in [3.05, 3.63) is 0 Å². The van der Waals surface area contributed by atoms with Crippen molar-refractivity contribution in [3.8, 4) is 0 Å². The highest BCUT2D eigenvalue weighted by Crippen LogP contribution is 2.37. The SMILES string of the molecule is CC(C)CC1CN(CC2CCOC2)C(C2CC2)CN1. The van der Waals surface area contributed by atoms with Gasteiger partial charge in [-0.3, -0.25) is 4.90 Å². The Morgan fingerprint density at radius 1 is 1.26 bits per heavy atom. The Kier molecular flexibility index (Phi) is 4.45. The van der Waals surface area contributed by atoms with Crippen molar-refractivity contribution in [1.82, 2.24) is 10.2 Å². The number of rotatable bonds is 5. The van der Waals surface area contributed by atoms with Gasteiger partial charge in [0, 0.05) is 38.3 Å². The molecular formula is C16H30N2O. The first kappa shape index (κ1) is 13.8. The zero-order valence-corrected chi connectivity index (χ0v) is 12.6. The number of nitrogens with zero attached hydrogens (tertiary/aromatic N) is 1. The fraction of sp³-hybridized carbons (Fsp3) is 1.00. The Balaban J connectivity index is 1.57. The first-order valence-electron chi connectivity index (χ1n) is 8.27. The first-order chi connectivity index (χ1) is 9.22. The molecule has 3 rings (SSSR count). The van der Waals surface area contributed by atoms with Crippen LogP contribution in [0.3, 0.4) is 0 Å². The molecular weight excluding hydrogens is 236 g/mol. The lowest BCUT2D eigenvalue weighted by molar-refractivity contribution is 0.0846. The lowest BCUT2D eigenvalue weighted by Crippen LogP contribution is -2.58. The van der Waals surface area contributed by atoms with Crippen LogP contribution in [-0.4, -0.2) is 49.8 Å². The van der Waals surface area contributed by atoms with Crippen LogP contribution in [0, 0.1) is 17.8 Å². The first-order valence-corrected chi connectivity index (χ1v) is 8.27. The van der Waals surface area contributed by atoms with Crippen LogP contribution in [0.2, 0.25) is 0 Å². The van der Waals surface area contributed by atoms with Crippen molar-refractivity contribution in [1.29, 1.82) is 0 Å². The Hall–Kier alpha value is -0.120. The number of hydrogen-bond donors (Lipinski definition) is 1. The molecule has 3 fully saturated rings. The van der Waals surface area contributed by atoms with E-state index in [1.54, 1.807) is 0 Å². The zero-order chi connectivity index (χ0) is 13.2. The minimum Gasteiger partial charge on any atom is -0.381 e. The topological polar surface area (TPSA) is 24.5 Å². The average Bonchev–Trinajstić information content (AvgIpc) is 3.07. The molecule has 3 atom stereocenters. The summed E-state index contributed by atoms with van der Waals surface area (Å²) in [5.74, 6) is 2.57. The van der Waals surface area contributed by atoms with Gasteiger partial charge in [-0.15, -0.1) is 0 Å². The van der Waals surface area contributed by atoms with E-state index in [0.29, 0.717) is 6.04 Å². The Morgan fingerprint density at radius 3 is 2.74 bits per heavy atom. The third-order valence-corrected chi connectivity index (χ3v) is 4.98. The van der Waals surface area contributed by atoms with Crippen LogP contribution in [0.5, 0.6) is 0 Å². The van der Waals surface area contributed by atoms with Gasteiger partial charge in [0.15, 0.2) is 0 Å². The van der Waals surface area contributed by atoms with Crippen LogP contribution in [0.4, 0.5) is 0 Å². The molecule has 1 saturated carbocycles. The second kappa shape index (κ2) is 6.11. The second-order valence-corrected chi connectivity index (χ2v) is 7.32. The van der Waals surface area contributed by atoms with Gasteiger partial charge in [0.05, 0.1) is 6.61 Å². The number of nitrogens with one attached hydrogen (secondary N) is 1. The summed E-state index contributed by atoms with van der Waals surface area (Å²) in [5, 5.41) is 3.80. The lowest BCUT2D eigenvalue weighted by Gasteiger charge is -2.42. The van der Waals surface area contributed by atoms with Gasteiger partial charge in [-0.25, -0.2) is 0 Å². The minimum atomic E-state index is 0.706. The van der Waals surface area contributed by atoms with Crippen LogP contribution in [0.25, 0.3) is 0 Å². The van der Waals surface area contributed by atoms with Crippen LogP contribution >= 0.6 is 0 Å². The van der Waals surface area contributed by atoms with Crippen LogP contribution in [-0.2, 0) is 4.74 Å². The number of ether oxygens (including phenoxy) is 1. The monoisotopic (exact) mass is 266 g/mol. The summed E-state index contributed by atoms with van der Waals surface area (Å²) in [7, 11) is 0. The third-order valence-electron chi connectivity index (χ3n) is 4.98. The summed E-state index contributed by atoms with van der Waals surface area (Å²) in [6, 6.07) is 1.52. The van der Waals surface area contributed by atoms with Gasteiger partial charge in [-0.1, -0.05) is 13.8 Å². The second-order valence-electron chi connectivity index (χ2n) is 7.32. The molecule has 0 aromatic carbocycles. The van der Waals surface area contributed by atoms with Gasteiger partial charge in [0.25, 0.3) is 0 Å². The molecule has 3 heteroatoms. The van der Waals surface area contributed by atoms with Crippen molar-refractivity contribution in [2.75, 3.05) is 32.8 Å². The van der Waals surface area contributed by atoms with E-state index in [4.69, 9.17) is 4.74 Å². The normalized spacial score (nSPS) is 37.1. The molecule has 19 heavy (non-hydrogen) atoms. The highest BCUT2D eigenvalue weighted by Gasteiger charge is 2.39. The van der Waals surface area contributed by atoms with E-state index in [1.165, 1.54) is 45.3 Å². The van der Waals surface area contributed by atoms with Crippen molar-refractivity contribution in [2.45, 2.75) is 51.6 Å². The molecule has 0 radical (unpaired) electrons. The van der Waals surface area contributed by atoms with E-state index in [9.17, 15) is 0 Å². The number of piperazine rings is 1. The summed E-state index contributed by atoms with van der Waals surface area (Å²) < 4.78 is 5.56. The molecule has 0 bridgehead atoms. The molecule has 3 nitrogen and oxygen atoms in total. The van der Waals surface area contributed by atoms with Gasteiger partial charge in [-0.2, -0.15) is 0 Å². The van der Waals surface area contributed by atoms with E-state index >= 15 is 0 Å². The maximum absolute atomic E-state index is 5.56. The average molecular weight is 266 g/mol. The van der Waals surface area contributed by atoms with Crippen molar-refractivity contribution in [2.24, 2.45) is 17.8 Å². The molecule has 3 unspecified atom stereocenters. The molecule has 1 N–H and O–H groups in total. The van der Waals surface area contributed by atoms with Gasteiger partial charge in [0.2, 0.25) is 0 Å². The summed E-state index contributed by atoms with van der Waals surface area (Å²) in [6.07, 6.45) is 5.50. The predicted octanol–water partition coefficient (Wildman–Crippen LogP) is 2.12. The molecule has 1 aliphatic carbocycles. The lowest BCUT2D eigenvalue weighted by atomic mass is 9.96. The van der Waals surface area contributed by atoms with Gasteiger partial charge in [0.1, 0.15) is 0 Å². The molecule has 0 aromatic rings. The molecule has 2 heterocycles. The molecule has 0 spiro atoms. The van der Waals surface area contributed by atoms with E-state index in [1.807, 2.05) is 0 Å². The fourth-order valence-electron chi connectivity index (χ4n) is 3.84. The molecule has 0 aromatic heterocycles. The maximum atomic E-state index is 5.56. The highest BCUT2D eigenvalue weighted by molar-refractivity contribution is 4.95. The van der Waals surface area contributed by atoms with Crippen molar-refractivity contribution >= 4 is 0 Å². The standard InChI is InChI=1S/C16H30N2O/c1-12(2)7-15-10-18(9-13-5-6-19-11-13)16(8-17-15)14-3-4-14/h12-17H,3-11H2,1-2H3. The summed E-state index contributed by atoms with van der Waals surface area (Å²) in [4.78, 5) is 2.81.